The highest BCUT2D eigenvalue weighted by molar-refractivity contribution is 7.94. The Kier molecular flexibility index (Phi) is 3.38. The number of H-pyrrole nitrogens is 1. The molecule has 2 rings (SSSR count). The van der Waals surface area contributed by atoms with Crippen molar-refractivity contribution in [2.45, 2.75) is 11.1 Å². The summed E-state index contributed by atoms with van der Waals surface area (Å²) in [6.07, 6.45) is 0. The molecule has 1 aromatic carbocycles. The molecule has 2 aromatic rings. The Morgan fingerprint density at radius 1 is 1.26 bits per heavy atom. The van der Waals surface area contributed by atoms with Crippen molar-refractivity contribution >= 4 is 27.0 Å². The lowest BCUT2D eigenvalue weighted by atomic mass is 10.3. The van der Waals surface area contributed by atoms with E-state index in [0.717, 1.165) is 4.31 Å². The normalized spacial score (nSPS) is 11.5. The zero-order valence-electron chi connectivity index (χ0n) is 10.2. The molecule has 1 aromatic heterocycles. The second-order valence-corrected chi connectivity index (χ2v) is 7.06. The molecule has 0 bridgehead atoms. The molecular formula is C11H12N2O4S2. The van der Waals surface area contributed by atoms with Crippen LogP contribution in [0.25, 0.3) is 0 Å². The summed E-state index contributed by atoms with van der Waals surface area (Å²) in [5.41, 5.74) is 0.721. The van der Waals surface area contributed by atoms with Gasteiger partial charge in [0.25, 0.3) is 10.0 Å². The summed E-state index contributed by atoms with van der Waals surface area (Å²) in [5, 5.41) is 9.19. The van der Waals surface area contributed by atoms with Crippen LogP contribution in [0.3, 0.4) is 0 Å². The number of sulfonamides is 1. The Morgan fingerprint density at radius 3 is 2.32 bits per heavy atom. The SMILES string of the molecule is Cc1[nH]c(=O)sc1S(=O)(=O)N(C)c1ccc(O)cc1. The van der Waals surface area contributed by atoms with Gasteiger partial charge in [0.05, 0.1) is 5.69 Å². The van der Waals surface area contributed by atoms with Gasteiger partial charge in [0.1, 0.15) is 5.75 Å². The Labute approximate surface area is 114 Å². The van der Waals surface area contributed by atoms with Crippen molar-refractivity contribution < 1.29 is 13.5 Å². The number of benzene rings is 1. The van der Waals surface area contributed by atoms with Crippen molar-refractivity contribution in [3.05, 3.63) is 39.6 Å². The van der Waals surface area contributed by atoms with E-state index >= 15 is 0 Å². The van der Waals surface area contributed by atoms with Gasteiger partial charge in [0.2, 0.25) is 0 Å². The quantitative estimate of drug-likeness (QED) is 0.893. The van der Waals surface area contributed by atoms with Gasteiger partial charge in [-0.1, -0.05) is 11.3 Å². The molecule has 0 saturated carbocycles. The number of anilines is 1. The van der Waals surface area contributed by atoms with Crippen LogP contribution < -0.4 is 9.18 Å². The number of phenols is 1. The predicted molar refractivity (Wildman–Crippen MR) is 73.4 cm³/mol. The Morgan fingerprint density at radius 2 is 1.84 bits per heavy atom. The average Bonchev–Trinajstić information content (AvgIpc) is 2.69. The van der Waals surface area contributed by atoms with Gasteiger partial charge in [-0.2, -0.15) is 0 Å². The zero-order valence-corrected chi connectivity index (χ0v) is 11.9. The standard InChI is InChI=1S/C11H12N2O4S2/c1-7-10(18-11(15)12-7)19(16,17)13(2)8-3-5-9(14)6-4-8/h3-6,14H,1-2H3,(H,12,15). The van der Waals surface area contributed by atoms with E-state index in [4.69, 9.17) is 0 Å². The Balaban J connectivity index is 2.48. The Hall–Kier alpha value is -1.80. The van der Waals surface area contributed by atoms with E-state index in [-0.39, 0.29) is 9.96 Å². The van der Waals surface area contributed by atoms with Crippen LogP contribution in [0.4, 0.5) is 5.69 Å². The summed E-state index contributed by atoms with van der Waals surface area (Å²) in [6, 6.07) is 5.76. The monoisotopic (exact) mass is 300 g/mol. The van der Waals surface area contributed by atoms with Crippen LogP contribution in [0, 0.1) is 6.92 Å². The van der Waals surface area contributed by atoms with E-state index in [2.05, 4.69) is 4.98 Å². The molecule has 2 N–H and O–H groups in total. The molecular weight excluding hydrogens is 288 g/mol. The molecule has 0 saturated heterocycles. The molecule has 0 spiro atoms. The number of hydrogen-bond donors (Lipinski definition) is 2. The third kappa shape index (κ3) is 2.49. The van der Waals surface area contributed by atoms with Crippen LogP contribution in [-0.2, 0) is 10.0 Å². The summed E-state index contributed by atoms with van der Waals surface area (Å²) >= 11 is 0.657. The van der Waals surface area contributed by atoms with Gasteiger partial charge in [-0.25, -0.2) is 8.42 Å². The number of phenolic OH excluding ortho intramolecular Hbond substituents is 1. The highest BCUT2D eigenvalue weighted by Gasteiger charge is 2.26. The van der Waals surface area contributed by atoms with Crippen LogP contribution in [0.1, 0.15) is 5.69 Å². The van der Waals surface area contributed by atoms with E-state index in [1.54, 1.807) is 0 Å². The molecule has 0 unspecified atom stereocenters. The summed E-state index contributed by atoms with van der Waals surface area (Å²) in [4.78, 5) is 13.2. The first-order chi connectivity index (χ1) is 8.82. The fourth-order valence-corrected chi connectivity index (χ4v) is 4.21. The zero-order chi connectivity index (χ0) is 14.2. The van der Waals surface area contributed by atoms with E-state index in [9.17, 15) is 18.3 Å². The maximum absolute atomic E-state index is 12.4. The summed E-state index contributed by atoms with van der Waals surface area (Å²) in [6.45, 7) is 1.54. The van der Waals surface area contributed by atoms with Crippen LogP contribution in [0.15, 0.2) is 33.3 Å². The number of rotatable bonds is 3. The van der Waals surface area contributed by atoms with Crippen molar-refractivity contribution in [3.8, 4) is 5.75 Å². The molecule has 0 aliphatic carbocycles. The van der Waals surface area contributed by atoms with Crippen molar-refractivity contribution in [2.75, 3.05) is 11.4 Å². The third-order valence-corrected chi connectivity index (χ3v) is 5.96. The fraction of sp³-hybridized carbons (Fsp3) is 0.182. The van der Waals surface area contributed by atoms with Crippen LogP contribution >= 0.6 is 11.3 Å². The second kappa shape index (κ2) is 4.71. The number of nitrogens with zero attached hydrogens (tertiary/aromatic N) is 1. The molecule has 0 amide bonds. The van der Waals surface area contributed by atoms with Crippen molar-refractivity contribution in [1.82, 2.24) is 4.98 Å². The predicted octanol–water partition coefficient (Wildman–Crippen LogP) is 1.28. The maximum Gasteiger partial charge on any atom is 0.306 e. The van der Waals surface area contributed by atoms with Gasteiger partial charge in [-0.15, -0.1) is 0 Å². The molecule has 0 aliphatic rings. The first-order valence-corrected chi connectivity index (χ1v) is 7.55. The lowest BCUT2D eigenvalue weighted by molar-refractivity contribution is 0.475. The maximum atomic E-state index is 12.4. The molecule has 8 heteroatoms. The summed E-state index contributed by atoms with van der Waals surface area (Å²) in [5.74, 6) is 0.0528. The highest BCUT2D eigenvalue weighted by Crippen LogP contribution is 2.26. The Bertz CT molecular complexity index is 744. The summed E-state index contributed by atoms with van der Waals surface area (Å²) < 4.78 is 25.8. The number of nitrogens with one attached hydrogen (secondary N) is 1. The molecule has 6 nitrogen and oxygen atoms in total. The molecule has 0 atom stereocenters. The fourth-order valence-electron chi connectivity index (χ4n) is 1.56. The van der Waals surface area contributed by atoms with Gasteiger partial charge in [-0.3, -0.25) is 9.10 Å². The summed E-state index contributed by atoms with van der Waals surface area (Å²) in [7, 11) is -2.38. The van der Waals surface area contributed by atoms with Gasteiger partial charge in [0.15, 0.2) is 4.21 Å². The highest BCUT2D eigenvalue weighted by atomic mass is 32.2. The largest absolute Gasteiger partial charge is 0.508 e. The van der Waals surface area contributed by atoms with Crippen LogP contribution in [0.2, 0.25) is 0 Å². The van der Waals surface area contributed by atoms with Crippen LogP contribution in [0.5, 0.6) is 5.75 Å². The molecule has 0 radical (unpaired) electrons. The third-order valence-electron chi connectivity index (χ3n) is 2.59. The lowest BCUT2D eigenvalue weighted by Crippen LogP contribution is -2.26. The first kappa shape index (κ1) is 13.6. The second-order valence-electron chi connectivity index (χ2n) is 3.92. The molecule has 19 heavy (non-hydrogen) atoms. The number of aromatic nitrogens is 1. The van der Waals surface area contributed by atoms with Gasteiger partial charge in [0, 0.05) is 12.7 Å². The minimum Gasteiger partial charge on any atom is -0.508 e. The van der Waals surface area contributed by atoms with Gasteiger partial charge >= 0.3 is 4.87 Å². The first-order valence-electron chi connectivity index (χ1n) is 5.30. The smallest absolute Gasteiger partial charge is 0.306 e. The minimum atomic E-state index is -3.78. The van der Waals surface area contributed by atoms with Gasteiger partial charge < -0.3 is 10.1 Å². The topological polar surface area (TPSA) is 90.5 Å². The lowest BCUT2D eigenvalue weighted by Gasteiger charge is -2.18. The molecule has 1 heterocycles. The van der Waals surface area contributed by atoms with Crippen molar-refractivity contribution in [2.24, 2.45) is 0 Å². The van der Waals surface area contributed by atoms with Crippen molar-refractivity contribution in [1.29, 1.82) is 0 Å². The van der Waals surface area contributed by atoms with Crippen molar-refractivity contribution in [3.63, 3.8) is 0 Å². The number of thiazole rings is 1. The van der Waals surface area contributed by atoms with E-state index in [1.807, 2.05) is 0 Å². The average molecular weight is 300 g/mol. The van der Waals surface area contributed by atoms with E-state index < -0.39 is 14.9 Å². The number of aromatic amines is 1. The van der Waals surface area contributed by atoms with Crippen LogP contribution in [-0.4, -0.2) is 25.6 Å². The van der Waals surface area contributed by atoms with E-state index in [1.165, 1.54) is 38.2 Å². The molecule has 0 fully saturated rings. The van der Waals surface area contributed by atoms with Gasteiger partial charge in [-0.05, 0) is 31.2 Å². The number of hydrogen-bond acceptors (Lipinski definition) is 5. The number of aromatic hydroxyl groups is 1. The molecule has 102 valence electrons. The molecule has 0 aliphatic heterocycles. The minimum absolute atomic E-state index is 0.00641. The number of aryl methyl sites for hydroxylation is 1. The van der Waals surface area contributed by atoms with E-state index in [0.29, 0.717) is 22.7 Å².